The summed E-state index contributed by atoms with van der Waals surface area (Å²) in [5, 5.41) is 3.48. The Bertz CT molecular complexity index is 326. The average molecular weight is 216 g/mol. The Kier molecular flexibility index (Phi) is 2.94. The molecular weight excluding hydrogens is 196 g/mol. The van der Waals surface area contributed by atoms with Crippen LogP contribution in [0.5, 0.6) is 0 Å². The van der Waals surface area contributed by atoms with E-state index in [-0.39, 0.29) is 0 Å². The van der Waals surface area contributed by atoms with Crippen LogP contribution in [0.2, 0.25) is 0 Å². The molecule has 1 aliphatic carbocycles. The number of rotatable bonds is 4. The minimum absolute atomic E-state index is 0.771. The summed E-state index contributed by atoms with van der Waals surface area (Å²) in [7, 11) is 0. The summed E-state index contributed by atoms with van der Waals surface area (Å²) in [4.78, 5) is 2.72. The molecule has 2 nitrogen and oxygen atoms in total. The topological polar surface area (TPSA) is 15.3 Å². The molecule has 0 bridgehead atoms. The van der Waals surface area contributed by atoms with E-state index in [4.69, 9.17) is 0 Å². The maximum Gasteiger partial charge on any atom is 0.0240 e. The van der Waals surface area contributed by atoms with Crippen LogP contribution < -0.4 is 5.32 Å². The van der Waals surface area contributed by atoms with Crippen LogP contribution in [0.3, 0.4) is 0 Å². The van der Waals surface area contributed by atoms with Gasteiger partial charge in [-0.2, -0.15) is 0 Å². The van der Waals surface area contributed by atoms with Gasteiger partial charge in [0.05, 0.1) is 0 Å². The SMILES string of the molecule is c1ccc(CN(C2CC2)[C@H]2CCNC2)cc1. The van der Waals surface area contributed by atoms with Crippen LogP contribution in [0.25, 0.3) is 0 Å². The van der Waals surface area contributed by atoms with E-state index in [1.807, 2.05) is 0 Å². The molecule has 0 spiro atoms. The molecule has 3 rings (SSSR count). The lowest BCUT2D eigenvalue weighted by Gasteiger charge is -2.28. The highest BCUT2D eigenvalue weighted by Gasteiger charge is 2.34. The molecule has 0 amide bonds. The highest BCUT2D eigenvalue weighted by molar-refractivity contribution is 5.15. The molecule has 1 aromatic rings. The molecule has 2 fully saturated rings. The Labute approximate surface area is 97.6 Å². The molecule has 1 saturated heterocycles. The molecule has 1 aromatic carbocycles. The number of nitrogens with one attached hydrogen (secondary N) is 1. The van der Waals surface area contributed by atoms with Crippen molar-refractivity contribution >= 4 is 0 Å². The van der Waals surface area contributed by atoms with Gasteiger partial charge >= 0.3 is 0 Å². The van der Waals surface area contributed by atoms with Gasteiger partial charge < -0.3 is 5.32 Å². The van der Waals surface area contributed by atoms with Gasteiger partial charge in [-0.3, -0.25) is 4.90 Å². The fourth-order valence-corrected chi connectivity index (χ4v) is 2.68. The second-order valence-corrected chi connectivity index (χ2v) is 5.04. The van der Waals surface area contributed by atoms with Crippen molar-refractivity contribution in [2.45, 2.75) is 37.9 Å². The summed E-state index contributed by atoms with van der Waals surface area (Å²) in [6.45, 7) is 3.52. The third-order valence-corrected chi connectivity index (χ3v) is 3.73. The van der Waals surface area contributed by atoms with Gasteiger partial charge in [-0.1, -0.05) is 30.3 Å². The largest absolute Gasteiger partial charge is 0.315 e. The van der Waals surface area contributed by atoms with E-state index in [9.17, 15) is 0 Å². The first-order chi connectivity index (χ1) is 7.93. The summed E-state index contributed by atoms with van der Waals surface area (Å²) >= 11 is 0. The molecule has 16 heavy (non-hydrogen) atoms. The van der Waals surface area contributed by atoms with Crippen LogP contribution >= 0.6 is 0 Å². The van der Waals surface area contributed by atoms with Gasteiger partial charge in [-0.25, -0.2) is 0 Å². The lowest BCUT2D eigenvalue weighted by Crippen LogP contribution is -2.38. The van der Waals surface area contributed by atoms with E-state index in [1.54, 1.807) is 0 Å². The summed E-state index contributed by atoms with van der Waals surface area (Å²) in [6, 6.07) is 12.5. The van der Waals surface area contributed by atoms with Crippen molar-refractivity contribution in [3.8, 4) is 0 Å². The number of hydrogen-bond donors (Lipinski definition) is 1. The lowest BCUT2D eigenvalue weighted by molar-refractivity contribution is 0.189. The van der Waals surface area contributed by atoms with E-state index in [0.29, 0.717) is 0 Å². The van der Waals surface area contributed by atoms with E-state index in [1.165, 1.54) is 37.9 Å². The maximum atomic E-state index is 3.48. The molecule has 2 aliphatic rings. The third-order valence-electron chi connectivity index (χ3n) is 3.73. The Morgan fingerprint density at radius 1 is 1.06 bits per heavy atom. The van der Waals surface area contributed by atoms with Crippen molar-refractivity contribution in [3.05, 3.63) is 35.9 Å². The molecule has 1 saturated carbocycles. The molecule has 1 N–H and O–H groups in total. The fourth-order valence-electron chi connectivity index (χ4n) is 2.68. The van der Waals surface area contributed by atoms with Gasteiger partial charge in [0.2, 0.25) is 0 Å². The van der Waals surface area contributed by atoms with Crippen molar-refractivity contribution in [2.24, 2.45) is 0 Å². The van der Waals surface area contributed by atoms with Gasteiger partial charge in [-0.05, 0) is 31.4 Å². The van der Waals surface area contributed by atoms with Gasteiger partial charge in [-0.15, -0.1) is 0 Å². The highest BCUT2D eigenvalue weighted by atomic mass is 15.2. The second-order valence-electron chi connectivity index (χ2n) is 5.04. The van der Waals surface area contributed by atoms with E-state index >= 15 is 0 Å². The molecule has 1 atom stereocenters. The summed E-state index contributed by atoms with van der Waals surface area (Å²) in [5.41, 5.74) is 1.46. The standard InChI is InChI=1S/C14H20N2/c1-2-4-12(5-3-1)11-16(13-6-7-13)14-8-9-15-10-14/h1-5,13-15H,6-11H2/t14-/m0/s1. The molecule has 1 heterocycles. The normalized spacial score (nSPS) is 25.2. The Morgan fingerprint density at radius 3 is 2.50 bits per heavy atom. The zero-order valence-corrected chi connectivity index (χ0v) is 9.73. The van der Waals surface area contributed by atoms with Crippen LogP contribution in [0.1, 0.15) is 24.8 Å². The monoisotopic (exact) mass is 216 g/mol. The molecule has 0 radical (unpaired) electrons. The summed E-state index contributed by atoms with van der Waals surface area (Å²) in [5.74, 6) is 0. The molecule has 0 aromatic heterocycles. The van der Waals surface area contributed by atoms with Crippen LogP contribution in [-0.4, -0.2) is 30.1 Å². The zero-order chi connectivity index (χ0) is 10.8. The smallest absolute Gasteiger partial charge is 0.0240 e. The van der Waals surface area contributed by atoms with Crippen LogP contribution in [0.4, 0.5) is 0 Å². The van der Waals surface area contributed by atoms with Crippen LogP contribution in [0.15, 0.2) is 30.3 Å². The summed E-state index contributed by atoms with van der Waals surface area (Å²) < 4.78 is 0. The predicted molar refractivity (Wildman–Crippen MR) is 66.3 cm³/mol. The van der Waals surface area contributed by atoms with Crippen molar-refractivity contribution in [1.29, 1.82) is 0 Å². The number of nitrogens with zero attached hydrogens (tertiary/aromatic N) is 1. The molecule has 2 heteroatoms. The lowest BCUT2D eigenvalue weighted by atomic mass is 10.1. The number of benzene rings is 1. The first-order valence-corrected chi connectivity index (χ1v) is 6.44. The summed E-state index contributed by atoms with van der Waals surface area (Å²) in [6.07, 6.45) is 4.13. The van der Waals surface area contributed by atoms with Gasteiger partial charge in [0.1, 0.15) is 0 Å². The van der Waals surface area contributed by atoms with Crippen molar-refractivity contribution in [2.75, 3.05) is 13.1 Å². The third kappa shape index (κ3) is 2.28. The number of hydrogen-bond acceptors (Lipinski definition) is 2. The average Bonchev–Trinajstić information content (AvgIpc) is 3.02. The van der Waals surface area contributed by atoms with Crippen molar-refractivity contribution < 1.29 is 0 Å². The fraction of sp³-hybridized carbons (Fsp3) is 0.571. The molecular formula is C14H20N2. The predicted octanol–water partition coefficient (Wildman–Crippen LogP) is 2.01. The minimum Gasteiger partial charge on any atom is -0.315 e. The van der Waals surface area contributed by atoms with Crippen molar-refractivity contribution in [3.63, 3.8) is 0 Å². The van der Waals surface area contributed by atoms with E-state index in [2.05, 4.69) is 40.5 Å². The Balaban J connectivity index is 1.69. The first kappa shape index (κ1) is 10.3. The van der Waals surface area contributed by atoms with Gasteiger partial charge in [0.25, 0.3) is 0 Å². The Hall–Kier alpha value is -0.860. The first-order valence-electron chi connectivity index (χ1n) is 6.44. The maximum absolute atomic E-state index is 3.48. The van der Waals surface area contributed by atoms with Gasteiger partial charge in [0, 0.05) is 25.2 Å². The van der Waals surface area contributed by atoms with Crippen molar-refractivity contribution in [1.82, 2.24) is 10.2 Å². The molecule has 0 unspecified atom stereocenters. The minimum atomic E-state index is 0.771. The zero-order valence-electron chi connectivity index (χ0n) is 9.73. The highest BCUT2D eigenvalue weighted by Crippen LogP contribution is 2.31. The van der Waals surface area contributed by atoms with Crippen LogP contribution in [-0.2, 0) is 6.54 Å². The quantitative estimate of drug-likeness (QED) is 0.828. The van der Waals surface area contributed by atoms with E-state index < -0.39 is 0 Å². The van der Waals surface area contributed by atoms with Gasteiger partial charge in [0.15, 0.2) is 0 Å². The van der Waals surface area contributed by atoms with Crippen LogP contribution in [0, 0.1) is 0 Å². The second kappa shape index (κ2) is 4.56. The molecule has 1 aliphatic heterocycles. The van der Waals surface area contributed by atoms with E-state index in [0.717, 1.165) is 18.6 Å². The Morgan fingerprint density at radius 2 is 1.88 bits per heavy atom. The molecule has 86 valence electrons.